The molecule has 0 spiro atoms. The first-order chi connectivity index (χ1) is 9.97. The fourth-order valence-corrected chi connectivity index (χ4v) is 4.75. The highest BCUT2D eigenvalue weighted by molar-refractivity contribution is 7.99. The van der Waals surface area contributed by atoms with Crippen molar-refractivity contribution in [1.82, 2.24) is 4.72 Å². The second kappa shape index (κ2) is 6.89. The van der Waals surface area contributed by atoms with Crippen molar-refractivity contribution in [3.05, 3.63) is 18.2 Å². The van der Waals surface area contributed by atoms with Crippen LogP contribution in [-0.4, -0.2) is 32.5 Å². The van der Waals surface area contributed by atoms with Gasteiger partial charge in [-0.05, 0) is 43.8 Å². The molecule has 2 unspecified atom stereocenters. The Labute approximate surface area is 131 Å². The van der Waals surface area contributed by atoms with Gasteiger partial charge < -0.3 is 11.1 Å². The lowest BCUT2D eigenvalue weighted by Gasteiger charge is -2.21. The number of thioether (sulfide) groups is 1. The number of hydrogen-bond acceptors (Lipinski definition) is 5. The van der Waals surface area contributed by atoms with E-state index in [1.165, 1.54) is 19.9 Å². The van der Waals surface area contributed by atoms with Crippen LogP contribution in [-0.2, 0) is 10.0 Å². The summed E-state index contributed by atoms with van der Waals surface area (Å²) in [5.74, 6) is 1.12. The van der Waals surface area contributed by atoms with Crippen molar-refractivity contribution in [3.8, 4) is 0 Å². The number of rotatable bonds is 6. The minimum absolute atomic E-state index is 0.126. The van der Waals surface area contributed by atoms with Crippen LogP contribution in [0.25, 0.3) is 0 Å². The summed E-state index contributed by atoms with van der Waals surface area (Å²) in [6.07, 6.45) is 3.61. The number of nitrogen functional groups attached to an aromatic ring is 1. The molecule has 1 aromatic rings. The van der Waals surface area contributed by atoms with Crippen molar-refractivity contribution in [1.29, 1.82) is 0 Å². The fourth-order valence-electron chi connectivity index (χ4n) is 2.71. The first-order valence-corrected chi connectivity index (χ1v) is 9.72. The zero-order valence-corrected chi connectivity index (χ0v) is 14.1. The van der Waals surface area contributed by atoms with Gasteiger partial charge in [0.15, 0.2) is 0 Å². The monoisotopic (exact) mass is 329 g/mol. The number of hydrogen-bond donors (Lipinski definition) is 3. The molecule has 1 aliphatic rings. The molecule has 1 aromatic carbocycles. The lowest BCUT2D eigenvalue weighted by Crippen LogP contribution is -2.26. The van der Waals surface area contributed by atoms with Crippen molar-refractivity contribution < 1.29 is 8.42 Å². The van der Waals surface area contributed by atoms with Gasteiger partial charge in [-0.2, -0.15) is 11.8 Å². The van der Waals surface area contributed by atoms with Crippen LogP contribution in [0, 0.1) is 0 Å². The van der Waals surface area contributed by atoms with Gasteiger partial charge >= 0.3 is 0 Å². The highest BCUT2D eigenvalue weighted by Gasteiger charge is 2.27. The molecule has 0 radical (unpaired) electrons. The van der Waals surface area contributed by atoms with E-state index in [0.29, 0.717) is 11.3 Å². The topological polar surface area (TPSA) is 84.2 Å². The third-order valence-corrected chi connectivity index (χ3v) is 6.57. The zero-order chi connectivity index (χ0) is 15.5. The van der Waals surface area contributed by atoms with E-state index in [0.717, 1.165) is 17.9 Å². The lowest BCUT2D eigenvalue weighted by molar-refractivity contribution is 0.588. The van der Waals surface area contributed by atoms with E-state index < -0.39 is 10.0 Å². The van der Waals surface area contributed by atoms with Crippen LogP contribution in [0.5, 0.6) is 0 Å². The number of nitrogens with two attached hydrogens (primary N) is 1. The van der Waals surface area contributed by atoms with E-state index >= 15 is 0 Å². The number of sulfonamides is 1. The van der Waals surface area contributed by atoms with Crippen LogP contribution in [0.2, 0.25) is 0 Å². The van der Waals surface area contributed by atoms with E-state index in [9.17, 15) is 8.42 Å². The molecule has 0 aliphatic heterocycles. The average Bonchev–Trinajstić information content (AvgIpc) is 2.86. The first kappa shape index (κ1) is 16.5. The standard InChI is InChI=1S/C14H23N3O2S2/c1-3-20-13-6-4-5-12(13)17-10-7-8-14(11(15)9-10)21(18,19)16-2/h7-9,12-13,16-17H,3-6,15H2,1-2H3. The van der Waals surface area contributed by atoms with Crippen LogP contribution in [0.1, 0.15) is 26.2 Å². The Morgan fingerprint density at radius 3 is 2.76 bits per heavy atom. The predicted octanol–water partition coefficient (Wildman–Crippen LogP) is 2.26. The van der Waals surface area contributed by atoms with Gasteiger partial charge in [0.05, 0.1) is 5.69 Å². The van der Waals surface area contributed by atoms with E-state index in [-0.39, 0.29) is 10.6 Å². The summed E-state index contributed by atoms with van der Waals surface area (Å²) < 4.78 is 25.9. The van der Waals surface area contributed by atoms with Crippen molar-refractivity contribution in [3.63, 3.8) is 0 Å². The van der Waals surface area contributed by atoms with Gasteiger partial charge in [0.25, 0.3) is 0 Å². The second-order valence-corrected chi connectivity index (χ2v) is 8.51. The lowest BCUT2D eigenvalue weighted by atomic mass is 10.2. The summed E-state index contributed by atoms with van der Waals surface area (Å²) in [5.41, 5.74) is 7.04. The predicted molar refractivity (Wildman–Crippen MR) is 90.3 cm³/mol. The van der Waals surface area contributed by atoms with Gasteiger partial charge in [-0.1, -0.05) is 13.3 Å². The third kappa shape index (κ3) is 3.84. The summed E-state index contributed by atoms with van der Waals surface area (Å²) in [6.45, 7) is 2.18. The maximum Gasteiger partial charge on any atom is 0.242 e. The molecule has 2 atom stereocenters. The Kier molecular flexibility index (Phi) is 5.40. The Morgan fingerprint density at radius 1 is 1.38 bits per heavy atom. The molecule has 0 heterocycles. The molecule has 0 saturated heterocycles. The Morgan fingerprint density at radius 2 is 2.14 bits per heavy atom. The Bertz CT molecular complexity index is 590. The van der Waals surface area contributed by atoms with Gasteiger partial charge in [0, 0.05) is 17.0 Å². The summed E-state index contributed by atoms with van der Waals surface area (Å²) in [4.78, 5) is 0.126. The molecule has 1 aliphatic carbocycles. The largest absolute Gasteiger partial charge is 0.398 e. The maximum absolute atomic E-state index is 11.8. The second-order valence-electron chi connectivity index (χ2n) is 5.14. The molecule has 2 rings (SSSR count). The molecule has 7 heteroatoms. The average molecular weight is 329 g/mol. The van der Waals surface area contributed by atoms with Crippen LogP contribution in [0.4, 0.5) is 11.4 Å². The summed E-state index contributed by atoms with van der Waals surface area (Å²) >= 11 is 1.98. The van der Waals surface area contributed by atoms with Crippen molar-refractivity contribution in [2.24, 2.45) is 0 Å². The minimum atomic E-state index is -3.50. The summed E-state index contributed by atoms with van der Waals surface area (Å²) in [5, 5.41) is 4.12. The number of benzene rings is 1. The third-order valence-electron chi connectivity index (χ3n) is 3.75. The van der Waals surface area contributed by atoms with Crippen molar-refractivity contribution >= 4 is 33.2 Å². The van der Waals surface area contributed by atoms with Gasteiger partial charge in [0.2, 0.25) is 10.0 Å². The molecule has 1 fully saturated rings. The van der Waals surface area contributed by atoms with E-state index in [4.69, 9.17) is 5.73 Å². The zero-order valence-electron chi connectivity index (χ0n) is 12.4. The minimum Gasteiger partial charge on any atom is -0.398 e. The fraction of sp³-hybridized carbons (Fsp3) is 0.571. The van der Waals surface area contributed by atoms with Crippen LogP contribution < -0.4 is 15.8 Å². The van der Waals surface area contributed by atoms with Gasteiger partial charge in [-0.15, -0.1) is 0 Å². The number of nitrogens with one attached hydrogen (secondary N) is 2. The molecule has 118 valence electrons. The highest BCUT2D eigenvalue weighted by atomic mass is 32.2. The summed E-state index contributed by atoms with van der Waals surface area (Å²) in [7, 11) is -2.12. The van der Waals surface area contributed by atoms with Gasteiger partial charge in [-0.25, -0.2) is 13.1 Å². The molecule has 0 bridgehead atoms. The summed E-state index contributed by atoms with van der Waals surface area (Å²) in [6, 6.07) is 5.48. The van der Waals surface area contributed by atoms with Crippen LogP contribution >= 0.6 is 11.8 Å². The van der Waals surface area contributed by atoms with Crippen molar-refractivity contribution in [2.75, 3.05) is 23.9 Å². The number of anilines is 2. The first-order valence-electron chi connectivity index (χ1n) is 7.19. The maximum atomic E-state index is 11.8. The molecular weight excluding hydrogens is 306 g/mol. The van der Waals surface area contributed by atoms with E-state index in [1.807, 2.05) is 11.8 Å². The van der Waals surface area contributed by atoms with E-state index in [1.54, 1.807) is 18.2 Å². The molecule has 21 heavy (non-hydrogen) atoms. The van der Waals surface area contributed by atoms with Crippen molar-refractivity contribution in [2.45, 2.75) is 42.4 Å². The SMILES string of the molecule is CCSC1CCCC1Nc1ccc(S(=O)(=O)NC)c(N)c1. The molecule has 0 amide bonds. The molecule has 5 nitrogen and oxygen atoms in total. The van der Waals surface area contributed by atoms with Gasteiger partial charge in [-0.3, -0.25) is 0 Å². The quantitative estimate of drug-likeness (QED) is 0.697. The van der Waals surface area contributed by atoms with Crippen LogP contribution in [0.15, 0.2) is 23.1 Å². The molecule has 0 aromatic heterocycles. The molecule has 1 saturated carbocycles. The Balaban J connectivity index is 2.14. The molecule has 4 N–H and O–H groups in total. The smallest absolute Gasteiger partial charge is 0.242 e. The normalized spacial score (nSPS) is 22.4. The molecular formula is C14H23N3O2S2. The van der Waals surface area contributed by atoms with E-state index in [2.05, 4.69) is 17.0 Å². The Hall–Kier alpha value is -0.920. The highest BCUT2D eigenvalue weighted by Crippen LogP contribution is 2.33. The van der Waals surface area contributed by atoms with Gasteiger partial charge in [0.1, 0.15) is 4.90 Å². The van der Waals surface area contributed by atoms with Crippen LogP contribution in [0.3, 0.4) is 0 Å².